The van der Waals surface area contributed by atoms with E-state index < -0.39 is 10.9 Å². The third kappa shape index (κ3) is 3.45. The van der Waals surface area contributed by atoms with Crippen LogP contribution >= 0.6 is 15.9 Å². The Labute approximate surface area is 143 Å². The van der Waals surface area contributed by atoms with E-state index in [1.807, 2.05) is 60.7 Å². The fraction of sp³-hybridized carbons (Fsp3) is 0.222. The van der Waals surface area contributed by atoms with E-state index in [4.69, 9.17) is 4.74 Å². The lowest BCUT2D eigenvalue weighted by Gasteiger charge is -2.22. The highest BCUT2D eigenvalue weighted by Crippen LogP contribution is 2.29. The van der Waals surface area contributed by atoms with Crippen molar-refractivity contribution in [3.05, 3.63) is 71.8 Å². The highest BCUT2D eigenvalue weighted by molar-refractivity contribution is 9.09. The molecule has 1 saturated heterocycles. The van der Waals surface area contributed by atoms with E-state index in [1.54, 1.807) is 0 Å². The van der Waals surface area contributed by atoms with Crippen molar-refractivity contribution in [2.75, 3.05) is 6.61 Å². The second-order valence-electron chi connectivity index (χ2n) is 5.40. The Morgan fingerprint density at radius 3 is 2.39 bits per heavy atom. The molecule has 1 fully saturated rings. The van der Waals surface area contributed by atoms with Crippen LogP contribution in [0.1, 0.15) is 16.0 Å². The van der Waals surface area contributed by atoms with Gasteiger partial charge in [-0.2, -0.15) is 0 Å². The highest BCUT2D eigenvalue weighted by atomic mass is 79.9. The summed E-state index contributed by atoms with van der Waals surface area (Å²) in [7, 11) is 0. The number of alkyl halides is 1. The quantitative estimate of drug-likeness (QED) is 0.767. The van der Waals surface area contributed by atoms with Gasteiger partial charge in [0.25, 0.3) is 5.91 Å². The summed E-state index contributed by atoms with van der Waals surface area (Å²) >= 11 is 3.40. The molecule has 1 aliphatic rings. The molecule has 0 radical (unpaired) electrons. The van der Waals surface area contributed by atoms with E-state index in [-0.39, 0.29) is 18.6 Å². The van der Waals surface area contributed by atoms with E-state index in [0.29, 0.717) is 6.42 Å². The molecule has 5 heteroatoms. The molecule has 3 rings (SSSR count). The minimum Gasteiger partial charge on any atom is -0.447 e. The molecule has 4 nitrogen and oxygen atoms in total. The molecule has 0 aliphatic carbocycles. The number of carbonyl (C=O) groups excluding carboxylic acids is 2. The van der Waals surface area contributed by atoms with Crippen LogP contribution in [0.2, 0.25) is 0 Å². The number of rotatable bonds is 4. The predicted octanol–water partition coefficient (Wildman–Crippen LogP) is 3.71. The number of carbonyl (C=O) groups is 2. The number of amides is 2. The van der Waals surface area contributed by atoms with Gasteiger partial charge in [0.2, 0.25) is 0 Å². The first-order valence-corrected chi connectivity index (χ1v) is 8.31. The molecular weight excluding hydrogens is 358 g/mol. The topological polar surface area (TPSA) is 46.6 Å². The van der Waals surface area contributed by atoms with E-state index in [0.717, 1.165) is 11.1 Å². The zero-order valence-corrected chi connectivity index (χ0v) is 14.0. The normalized spacial score (nSPS) is 18.6. The third-order valence-corrected chi connectivity index (χ3v) is 4.74. The van der Waals surface area contributed by atoms with Crippen LogP contribution in [0.5, 0.6) is 0 Å². The Kier molecular flexibility index (Phi) is 4.76. The van der Waals surface area contributed by atoms with Gasteiger partial charge in [-0.15, -0.1) is 0 Å². The van der Waals surface area contributed by atoms with E-state index >= 15 is 0 Å². The van der Waals surface area contributed by atoms with Gasteiger partial charge in [0, 0.05) is 0 Å². The van der Waals surface area contributed by atoms with Gasteiger partial charge in [-0.1, -0.05) is 76.6 Å². The summed E-state index contributed by atoms with van der Waals surface area (Å²) in [5, 5.41) is 0. The smallest absolute Gasteiger partial charge is 0.417 e. The summed E-state index contributed by atoms with van der Waals surface area (Å²) in [6.07, 6.45) is 0.0172. The van der Waals surface area contributed by atoms with Crippen molar-refractivity contribution in [3.63, 3.8) is 0 Å². The summed E-state index contributed by atoms with van der Waals surface area (Å²) in [6, 6.07) is 18.8. The number of hydrogen-bond acceptors (Lipinski definition) is 3. The van der Waals surface area contributed by atoms with Gasteiger partial charge in [0.05, 0.1) is 6.04 Å². The van der Waals surface area contributed by atoms with Crippen molar-refractivity contribution in [3.8, 4) is 0 Å². The lowest BCUT2D eigenvalue weighted by Crippen LogP contribution is -2.41. The first-order valence-electron chi connectivity index (χ1n) is 7.39. The number of ether oxygens (including phenoxy) is 1. The van der Waals surface area contributed by atoms with Gasteiger partial charge in [-0.05, 0) is 17.5 Å². The molecule has 0 spiro atoms. The molecule has 0 saturated carbocycles. The van der Waals surface area contributed by atoms with Crippen molar-refractivity contribution in [1.82, 2.24) is 4.90 Å². The Balaban J connectivity index is 1.78. The minimum absolute atomic E-state index is 0.230. The van der Waals surface area contributed by atoms with Crippen LogP contribution in [0.15, 0.2) is 60.7 Å². The van der Waals surface area contributed by atoms with Gasteiger partial charge >= 0.3 is 6.09 Å². The number of cyclic esters (lactones) is 1. The second kappa shape index (κ2) is 6.96. The average molecular weight is 374 g/mol. The first-order chi connectivity index (χ1) is 11.2. The van der Waals surface area contributed by atoms with Crippen molar-refractivity contribution in [2.24, 2.45) is 0 Å². The molecule has 1 unspecified atom stereocenters. The van der Waals surface area contributed by atoms with Crippen LogP contribution in [-0.4, -0.2) is 29.5 Å². The molecule has 0 bridgehead atoms. The van der Waals surface area contributed by atoms with Crippen LogP contribution in [0.3, 0.4) is 0 Å². The second-order valence-corrected chi connectivity index (χ2v) is 6.32. The highest BCUT2D eigenvalue weighted by Gasteiger charge is 2.40. The SMILES string of the molecule is O=C1OC[C@@H](Cc2ccccc2)N1C(=O)C(Br)c1ccccc1. The molecule has 0 N–H and O–H groups in total. The first kappa shape index (κ1) is 15.7. The zero-order chi connectivity index (χ0) is 16.2. The van der Waals surface area contributed by atoms with Gasteiger partial charge in [-0.25, -0.2) is 9.69 Å². The maximum Gasteiger partial charge on any atom is 0.417 e. The van der Waals surface area contributed by atoms with Crippen LogP contribution < -0.4 is 0 Å². The molecule has 0 aromatic heterocycles. The summed E-state index contributed by atoms with van der Waals surface area (Å²) in [5.41, 5.74) is 1.88. The molecular formula is C18H16BrNO3. The fourth-order valence-electron chi connectivity index (χ4n) is 2.65. The van der Waals surface area contributed by atoms with Crippen molar-refractivity contribution in [1.29, 1.82) is 0 Å². The Hall–Kier alpha value is -2.14. The van der Waals surface area contributed by atoms with Crippen LogP contribution in [-0.2, 0) is 16.0 Å². The molecule has 23 heavy (non-hydrogen) atoms. The van der Waals surface area contributed by atoms with E-state index in [9.17, 15) is 9.59 Å². The fourth-order valence-corrected chi connectivity index (χ4v) is 3.18. The van der Waals surface area contributed by atoms with Crippen molar-refractivity contribution < 1.29 is 14.3 Å². The molecule has 1 aliphatic heterocycles. The van der Waals surface area contributed by atoms with Crippen molar-refractivity contribution >= 4 is 27.9 Å². The number of halogens is 1. The van der Waals surface area contributed by atoms with Crippen LogP contribution in [0.4, 0.5) is 4.79 Å². The molecule has 118 valence electrons. The van der Waals surface area contributed by atoms with Crippen LogP contribution in [0, 0.1) is 0 Å². The standard InChI is InChI=1S/C18H16BrNO3/c19-16(14-9-5-2-6-10-14)17(21)20-15(12-23-18(20)22)11-13-7-3-1-4-8-13/h1-10,15-16H,11-12H2/t15-,16?/m1/s1. The van der Waals surface area contributed by atoms with Gasteiger partial charge in [0.1, 0.15) is 11.4 Å². The number of hydrogen-bond donors (Lipinski definition) is 0. The van der Waals surface area contributed by atoms with E-state index in [1.165, 1.54) is 4.90 Å². The van der Waals surface area contributed by atoms with Gasteiger partial charge < -0.3 is 4.74 Å². The summed E-state index contributed by atoms with van der Waals surface area (Å²) in [4.78, 5) is 25.4. The third-order valence-electron chi connectivity index (χ3n) is 3.82. The maximum atomic E-state index is 12.7. The number of imide groups is 1. The summed E-state index contributed by atoms with van der Waals surface area (Å²) < 4.78 is 5.10. The maximum absolute atomic E-state index is 12.7. The lowest BCUT2D eigenvalue weighted by atomic mass is 10.0. The summed E-state index contributed by atoms with van der Waals surface area (Å²) in [6.45, 7) is 0.230. The zero-order valence-electron chi connectivity index (χ0n) is 12.4. The van der Waals surface area contributed by atoms with E-state index in [2.05, 4.69) is 15.9 Å². The minimum atomic E-state index is -0.573. The molecule has 2 amide bonds. The Bertz CT molecular complexity index is 690. The average Bonchev–Trinajstić information content (AvgIpc) is 2.95. The monoisotopic (exact) mass is 373 g/mol. The lowest BCUT2D eigenvalue weighted by molar-refractivity contribution is -0.128. The molecule has 2 aromatic rings. The van der Waals surface area contributed by atoms with Crippen LogP contribution in [0.25, 0.3) is 0 Å². The van der Waals surface area contributed by atoms with Gasteiger partial charge in [-0.3, -0.25) is 4.79 Å². The predicted molar refractivity (Wildman–Crippen MR) is 90.2 cm³/mol. The number of nitrogens with zero attached hydrogens (tertiary/aromatic N) is 1. The molecule has 2 atom stereocenters. The summed E-state index contributed by atoms with van der Waals surface area (Å²) in [5.74, 6) is -0.292. The number of benzene rings is 2. The molecule has 2 aromatic carbocycles. The van der Waals surface area contributed by atoms with Crippen molar-refractivity contribution in [2.45, 2.75) is 17.3 Å². The Morgan fingerprint density at radius 2 is 1.74 bits per heavy atom. The largest absolute Gasteiger partial charge is 0.447 e. The van der Waals surface area contributed by atoms with Gasteiger partial charge in [0.15, 0.2) is 0 Å². The Morgan fingerprint density at radius 1 is 1.13 bits per heavy atom. The molecule has 1 heterocycles.